The SMILES string of the molecule is CCCCOc1ncc(C(=O)O)c(NCc2ccc(N)cc2)n1. The molecule has 0 unspecified atom stereocenters. The second kappa shape index (κ2) is 7.98. The van der Waals surface area contributed by atoms with Gasteiger partial charge in [-0.15, -0.1) is 0 Å². The highest BCUT2D eigenvalue weighted by molar-refractivity contribution is 5.92. The van der Waals surface area contributed by atoms with Crippen molar-refractivity contribution >= 4 is 17.5 Å². The number of nitrogen functional groups attached to an aromatic ring is 1. The van der Waals surface area contributed by atoms with Gasteiger partial charge in [-0.2, -0.15) is 4.98 Å². The van der Waals surface area contributed by atoms with Crippen molar-refractivity contribution in [1.29, 1.82) is 0 Å². The quantitative estimate of drug-likeness (QED) is 0.507. The first kappa shape index (κ1) is 16.5. The number of benzene rings is 1. The summed E-state index contributed by atoms with van der Waals surface area (Å²) in [6, 6.07) is 7.47. The summed E-state index contributed by atoms with van der Waals surface area (Å²) in [5.41, 5.74) is 7.28. The topological polar surface area (TPSA) is 110 Å². The van der Waals surface area contributed by atoms with Crippen molar-refractivity contribution in [1.82, 2.24) is 9.97 Å². The minimum atomic E-state index is -1.09. The summed E-state index contributed by atoms with van der Waals surface area (Å²) in [4.78, 5) is 19.3. The highest BCUT2D eigenvalue weighted by Gasteiger charge is 2.14. The zero-order chi connectivity index (χ0) is 16.7. The van der Waals surface area contributed by atoms with Crippen LogP contribution < -0.4 is 15.8 Å². The molecule has 122 valence electrons. The first-order valence-electron chi connectivity index (χ1n) is 7.41. The number of nitrogens with two attached hydrogens (primary N) is 1. The predicted molar refractivity (Wildman–Crippen MR) is 87.6 cm³/mol. The molecule has 0 aliphatic carbocycles. The van der Waals surface area contributed by atoms with Gasteiger partial charge in [-0.25, -0.2) is 9.78 Å². The van der Waals surface area contributed by atoms with Gasteiger partial charge in [0.15, 0.2) is 0 Å². The van der Waals surface area contributed by atoms with Crippen molar-refractivity contribution in [3.05, 3.63) is 41.6 Å². The van der Waals surface area contributed by atoms with Gasteiger partial charge in [-0.1, -0.05) is 25.5 Å². The molecule has 23 heavy (non-hydrogen) atoms. The molecule has 7 heteroatoms. The van der Waals surface area contributed by atoms with Crippen LogP contribution in [0.4, 0.5) is 11.5 Å². The lowest BCUT2D eigenvalue weighted by Gasteiger charge is -2.10. The molecule has 0 saturated heterocycles. The zero-order valence-corrected chi connectivity index (χ0v) is 13.0. The van der Waals surface area contributed by atoms with Crippen molar-refractivity contribution in [3.63, 3.8) is 0 Å². The number of ether oxygens (including phenoxy) is 1. The standard InChI is InChI=1S/C16H20N4O3/c1-2-3-8-23-16-19-10-13(15(21)22)14(20-16)18-9-11-4-6-12(17)7-5-11/h4-7,10H,2-3,8-9,17H2,1H3,(H,21,22)(H,18,19,20). The number of nitrogens with one attached hydrogen (secondary N) is 1. The van der Waals surface area contributed by atoms with E-state index in [0.29, 0.717) is 18.8 Å². The zero-order valence-electron chi connectivity index (χ0n) is 13.0. The monoisotopic (exact) mass is 316 g/mol. The number of unbranched alkanes of at least 4 members (excludes halogenated alkanes) is 1. The van der Waals surface area contributed by atoms with E-state index in [1.807, 2.05) is 12.1 Å². The third-order valence-corrected chi connectivity index (χ3v) is 3.17. The smallest absolute Gasteiger partial charge is 0.341 e. The summed E-state index contributed by atoms with van der Waals surface area (Å²) in [7, 11) is 0. The molecular formula is C16H20N4O3. The molecule has 4 N–H and O–H groups in total. The molecule has 0 bridgehead atoms. The first-order valence-corrected chi connectivity index (χ1v) is 7.41. The van der Waals surface area contributed by atoms with E-state index in [1.165, 1.54) is 6.20 Å². The molecule has 0 spiro atoms. The normalized spacial score (nSPS) is 10.3. The van der Waals surface area contributed by atoms with Crippen molar-refractivity contribution < 1.29 is 14.6 Å². The van der Waals surface area contributed by atoms with Crippen LogP contribution >= 0.6 is 0 Å². The van der Waals surface area contributed by atoms with Crippen molar-refractivity contribution in [2.75, 3.05) is 17.7 Å². The lowest BCUT2D eigenvalue weighted by Crippen LogP contribution is -2.11. The van der Waals surface area contributed by atoms with E-state index in [2.05, 4.69) is 22.2 Å². The highest BCUT2D eigenvalue weighted by atomic mass is 16.5. The van der Waals surface area contributed by atoms with Crippen LogP contribution in [0.1, 0.15) is 35.7 Å². The number of hydrogen-bond acceptors (Lipinski definition) is 6. The van der Waals surface area contributed by atoms with E-state index in [0.717, 1.165) is 18.4 Å². The molecule has 0 radical (unpaired) electrons. The van der Waals surface area contributed by atoms with Crippen molar-refractivity contribution in [2.24, 2.45) is 0 Å². The average Bonchev–Trinajstić information content (AvgIpc) is 2.54. The summed E-state index contributed by atoms with van der Waals surface area (Å²) in [6.07, 6.45) is 3.13. The molecule has 0 saturated carbocycles. The van der Waals surface area contributed by atoms with E-state index >= 15 is 0 Å². The molecule has 2 aromatic rings. The lowest BCUT2D eigenvalue weighted by atomic mass is 10.2. The Morgan fingerprint density at radius 2 is 2.09 bits per heavy atom. The van der Waals surface area contributed by atoms with Crippen LogP contribution in [-0.2, 0) is 6.54 Å². The Morgan fingerprint density at radius 3 is 2.74 bits per heavy atom. The molecule has 1 heterocycles. The number of anilines is 2. The molecule has 1 aromatic heterocycles. The number of carboxylic acids is 1. The van der Waals surface area contributed by atoms with Gasteiger partial charge in [0.1, 0.15) is 11.4 Å². The van der Waals surface area contributed by atoms with Gasteiger partial charge in [0.05, 0.1) is 12.8 Å². The number of aromatic nitrogens is 2. The van der Waals surface area contributed by atoms with Crippen molar-refractivity contribution in [2.45, 2.75) is 26.3 Å². The molecule has 0 atom stereocenters. The minimum absolute atomic E-state index is 0.00304. The van der Waals surface area contributed by atoms with Crippen LogP contribution in [0.3, 0.4) is 0 Å². The Kier molecular flexibility index (Phi) is 5.74. The van der Waals surface area contributed by atoms with Crippen molar-refractivity contribution in [3.8, 4) is 6.01 Å². The van der Waals surface area contributed by atoms with Crippen LogP contribution in [0.2, 0.25) is 0 Å². The van der Waals surface area contributed by atoms with Crippen LogP contribution in [-0.4, -0.2) is 27.7 Å². The Morgan fingerprint density at radius 1 is 1.35 bits per heavy atom. The molecule has 0 aliphatic heterocycles. The summed E-state index contributed by atoms with van der Waals surface area (Å²) in [5, 5.41) is 12.2. The summed E-state index contributed by atoms with van der Waals surface area (Å²) in [6.45, 7) is 2.98. The molecule has 2 rings (SSSR count). The maximum Gasteiger partial charge on any atom is 0.341 e. The lowest BCUT2D eigenvalue weighted by molar-refractivity contribution is 0.0697. The van der Waals surface area contributed by atoms with Crippen LogP contribution in [0.25, 0.3) is 0 Å². The number of nitrogens with zero attached hydrogens (tertiary/aromatic N) is 2. The highest BCUT2D eigenvalue weighted by Crippen LogP contribution is 2.17. The predicted octanol–water partition coefficient (Wildman–Crippen LogP) is 2.55. The van der Waals surface area contributed by atoms with Gasteiger partial charge in [-0.3, -0.25) is 0 Å². The fourth-order valence-corrected chi connectivity index (χ4v) is 1.86. The number of hydrogen-bond donors (Lipinski definition) is 3. The molecule has 0 fully saturated rings. The molecule has 0 amide bonds. The Bertz CT molecular complexity index is 659. The summed E-state index contributed by atoms with van der Waals surface area (Å²) in [5.74, 6) is -0.860. The van der Waals surface area contributed by atoms with Gasteiger partial charge < -0.3 is 20.9 Å². The molecular weight excluding hydrogens is 296 g/mol. The van der Waals surface area contributed by atoms with Gasteiger partial charge in [0.2, 0.25) is 0 Å². The summed E-state index contributed by atoms with van der Waals surface area (Å²) >= 11 is 0. The Balaban J connectivity index is 2.11. The second-order valence-electron chi connectivity index (χ2n) is 5.02. The molecule has 1 aromatic carbocycles. The average molecular weight is 316 g/mol. The molecule has 7 nitrogen and oxygen atoms in total. The fraction of sp³-hybridized carbons (Fsp3) is 0.312. The fourth-order valence-electron chi connectivity index (χ4n) is 1.86. The second-order valence-corrected chi connectivity index (χ2v) is 5.02. The van der Waals surface area contributed by atoms with Crippen LogP contribution in [0.15, 0.2) is 30.5 Å². The van der Waals surface area contributed by atoms with E-state index in [9.17, 15) is 9.90 Å². The van der Waals surface area contributed by atoms with Gasteiger partial charge in [0.25, 0.3) is 0 Å². The Labute approximate surface area is 134 Å². The van der Waals surface area contributed by atoms with Crippen LogP contribution in [0, 0.1) is 0 Å². The third kappa shape index (κ3) is 4.84. The van der Waals surface area contributed by atoms with Crippen LogP contribution in [0.5, 0.6) is 6.01 Å². The minimum Gasteiger partial charge on any atom is -0.477 e. The molecule has 0 aliphatic rings. The maximum absolute atomic E-state index is 11.3. The van der Waals surface area contributed by atoms with E-state index in [-0.39, 0.29) is 17.4 Å². The Hall–Kier alpha value is -2.83. The number of rotatable bonds is 8. The van der Waals surface area contributed by atoms with E-state index < -0.39 is 5.97 Å². The number of carbonyl (C=O) groups is 1. The first-order chi connectivity index (χ1) is 11.1. The van der Waals surface area contributed by atoms with E-state index in [4.69, 9.17) is 10.5 Å². The summed E-state index contributed by atoms with van der Waals surface area (Å²) < 4.78 is 5.42. The number of carboxylic acid groups (broad SMARTS) is 1. The maximum atomic E-state index is 11.3. The van der Waals surface area contributed by atoms with Gasteiger partial charge in [0, 0.05) is 12.2 Å². The van der Waals surface area contributed by atoms with Gasteiger partial charge in [-0.05, 0) is 24.1 Å². The van der Waals surface area contributed by atoms with Gasteiger partial charge >= 0.3 is 12.0 Å². The largest absolute Gasteiger partial charge is 0.477 e. The van der Waals surface area contributed by atoms with E-state index in [1.54, 1.807) is 12.1 Å². The third-order valence-electron chi connectivity index (χ3n) is 3.17. The number of aromatic carboxylic acids is 1.